The number of sulfone groups is 1. The average molecular weight is 361 g/mol. The molecule has 0 amide bonds. The highest BCUT2D eigenvalue weighted by Crippen LogP contribution is 2.15. The fourth-order valence-corrected chi connectivity index (χ4v) is 3.90. The molecule has 0 unspecified atom stereocenters. The number of hydrogen-bond donors (Lipinski definition) is 0. The predicted octanol–water partition coefficient (Wildman–Crippen LogP) is 4.89. The summed E-state index contributed by atoms with van der Waals surface area (Å²) in [5, 5.41) is 1.09. The Hall–Kier alpha value is -0.350. The van der Waals surface area contributed by atoms with Crippen LogP contribution >= 0.6 is 15.9 Å². The molecule has 0 saturated heterocycles. The van der Waals surface area contributed by atoms with Crippen molar-refractivity contribution in [2.24, 2.45) is 0 Å². The van der Waals surface area contributed by atoms with E-state index in [2.05, 4.69) is 15.9 Å². The molecule has 1 aromatic rings. The zero-order valence-electron chi connectivity index (χ0n) is 12.3. The number of aryl methyl sites for hydroxylation is 1. The van der Waals surface area contributed by atoms with E-state index < -0.39 is 9.84 Å². The first kappa shape index (κ1) is 17.7. The Morgan fingerprint density at radius 3 is 1.90 bits per heavy atom. The van der Waals surface area contributed by atoms with Crippen molar-refractivity contribution in [1.82, 2.24) is 0 Å². The second-order valence-corrected chi connectivity index (χ2v) is 8.20. The molecule has 0 spiro atoms. The van der Waals surface area contributed by atoms with Crippen molar-refractivity contribution in [3.63, 3.8) is 0 Å². The first-order chi connectivity index (χ1) is 9.56. The zero-order chi connectivity index (χ0) is 14.8. The summed E-state index contributed by atoms with van der Waals surface area (Å²) in [4.78, 5) is 0.459. The van der Waals surface area contributed by atoms with Crippen LogP contribution in [-0.4, -0.2) is 19.5 Å². The van der Waals surface area contributed by atoms with E-state index >= 15 is 0 Å². The lowest BCUT2D eigenvalue weighted by molar-refractivity contribution is 0.579. The maximum absolute atomic E-state index is 12.1. The SMILES string of the molecule is Cc1ccc(S(=O)(=O)CCCCCCCCCBr)cc1. The van der Waals surface area contributed by atoms with Crippen LogP contribution in [0, 0.1) is 6.92 Å². The van der Waals surface area contributed by atoms with E-state index in [0.717, 1.165) is 30.2 Å². The van der Waals surface area contributed by atoms with Crippen molar-refractivity contribution in [2.75, 3.05) is 11.1 Å². The molecule has 20 heavy (non-hydrogen) atoms. The van der Waals surface area contributed by atoms with Crippen LogP contribution < -0.4 is 0 Å². The maximum Gasteiger partial charge on any atom is 0.178 e. The summed E-state index contributed by atoms with van der Waals surface area (Å²) in [6.45, 7) is 1.96. The normalized spacial score (nSPS) is 11.7. The molecule has 0 aliphatic rings. The van der Waals surface area contributed by atoms with Gasteiger partial charge in [-0.05, 0) is 31.9 Å². The molecular weight excluding hydrogens is 336 g/mol. The van der Waals surface area contributed by atoms with Gasteiger partial charge < -0.3 is 0 Å². The minimum absolute atomic E-state index is 0.275. The smallest absolute Gasteiger partial charge is 0.178 e. The molecule has 4 heteroatoms. The van der Waals surface area contributed by atoms with E-state index in [-0.39, 0.29) is 5.75 Å². The summed E-state index contributed by atoms with van der Waals surface area (Å²) in [7, 11) is -3.08. The van der Waals surface area contributed by atoms with Crippen LogP contribution in [0.25, 0.3) is 0 Å². The van der Waals surface area contributed by atoms with Gasteiger partial charge in [0.05, 0.1) is 10.6 Å². The Balaban J connectivity index is 2.22. The summed E-state index contributed by atoms with van der Waals surface area (Å²) in [6.07, 6.45) is 7.92. The van der Waals surface area contributed by atoms with Gasteiger partial charge in [-0.1, -0.05) is 65.7 Å². The van der Waals surface area contributed by atoms with Gasteiger partial charge in [0.25, 0.3) is 0 Å². The van der Waals surface area contributed by atoms with E-state index in [4.69, 9.17) is 0 Å². The van der Waals surface area contributed by atoms with Crippen LogP contribution in [0.1, 0.15) is 50.5 Å². The first-order valence-electron chi connectivity index (χ1n) is 7.41. The van der Waals surface area contributed by atoms with Gasteiger partial charge in [0.2, 0.25) is 0 Å². The Labute approximate surface area is 132 Å². The molecule has 0 heterocycles. The molecule has 2 nitrogen and oxygen atoms in total. The van der Waals surface area contributed by atoms with Crippen molar-refractivity contribution >= 4 is 25.8 Å². The molecule has 0 fully saturated rings. The monoisotopic (exact) mass is 360 g/mol. The molecule has 114 valence electrons. The summed E-state index contributed by atoms with van der Waals surface area (Å²) < 4.78 is 24.2. The highest BCUT2D eigenvalue weighted by atomic mass is 79.9. The molecule has 1 aromatic carbocycles. The van der Waals surface area contributed by atoms with E-state index in [1.54, 1.807) is 12.1 Å². The third-order valence-electron chi connectivity index (χ3n) is 3.43. The Bertz CT molecular complexity index is 466. The van der Waals surface area contributed by atoms with Crippen LogP contribution in [-0.2, 0) is 9.84 Å². The number of halogens is 1. The molecular formula is C16H25BrO2S. The average Bonchev–Trinajstić information content (AvgIpc) is 2.42. The van der Waals surface area contributed by atoms with Crippen LogP contribution in [0.2, 0.25) is 0 Å². The van der Waals surface area contributed by atoms with Crippen LogP contribution in [0.5, 0.6) is 0 Å². The van der Waals surface area contributed by atoms with E-state index in [1.807, 2.05) is 19.1 Å². The molecule has 0 aliphatic carbocycles. The molecule has 0 N–H and O–H groups in total. The lowest BCUT2D eigenvalue weighted by Crippen LogP contribution is -2.06. The highest BCUT2D eigenvalue weighted by Gasteiger charge is 2.13. The summed E-state index contributed by atoms with van der Waals surface area (Å²) in [5.41, 5.74) is 1.09. The van der Waals surface area contributed by atoms with Gasteiger partial charge in [-0.2, -0.15) is 0 Å². The van der Waals surface area contributed by atoms with E-state index in [9.17, 15) is 8.42 Å². The number of benzene rings is 1. The molecule has 0 bridgehead atoms. The topological polar surface area (TPSA) is 34.1 Å². The Morgan fingerprint density at radius 2 is 1.35 bits per heavy atom. The lowest BCUT2D eigenvalue weighted by atomic mass is 10.1. The van der Waals surface area contributed by atoms with Gasteiger partial charge in [0.15, 0.2) is 9.84 Å². The molecule has 0 radical (unpaired) electrons. The van der Waals surface area contributed by atoms with Crippen molar-refractivity contribution in [3.8, 4) is 0 Å². The fraction of sp³-hybridized carbons (Fsp3) is 0.625. The van der Waals surface area contributed by atoms with Crippen molar-refractivity contribution in [1.29, 1.82) is 0 Å². The number of alkyl halides is 1. The number of unbranched alkanes of at least 4 members (excludes halogenated alkanes) is 6. The largest absolute Gasteiger partial charge is 0.224 e. The molecule has 1 rings (SSSR count). The summed E-state index contributed by atoms with van der Waals surface area (Å²) >= 11 is 3.43. The van der Waals surface area contributed by atoms with Gasteiger partial charge in [-0.25, -0.2) is 8.42 Å². The number of rotatable bonds is 10. The van der Waals surface area contributed by atoms with E-state index in [0.29, 0.717) is 4.90 Å². The third kappa shape index (κ3) is 6.89. The second-order valence-electron chi connectivity index (χ2n) is 5.30. The van der Waals surface area contributed by atoms with Crippen LogP contribution in [0.4, 0.5) is 0 Å². The minimum atomic E-state index is -3.08. The highest BCUT2D eigenvalue weighted by molar-refractivity contribution is 9.09. The summed E-state index contributed by atoms with van der Waals surface area (Å²) in [5.74, 6) is 0.275. The van der Waals surface area contributed by atoms with Crippen molar-refractivity contribution < 1.29 is 8.42 Å². The first-order valence-corrected chi connectivity index (χ1v) is 10.2. The Kier molecular flexibility index (Phi) is 8.46. The standard InChI is InChI=1S/C16H25BrO2S/c1-15-9-11-16(12-10-15)20(18,19)14-8-6-4-2-3-5-7-13-17/h9-12H,2-8,13-14H2,1H3. The van der Waals surface area contributed by atoms with Crippen molar-refractivity contribution in [2.45, 2.75) is 56.8 Å². The number of hydrogen-bond acceptors (Lipinski definition) is 2. The maximum atomic E-state index is 12.1. The molecule has 0 aromatic heterocycles. The molecule has 0 atom stereocenters. The van der Waals surface area contributed by atoms with Crippen LogP contribution in [0.3, 0.4) is 0 Å². The van der Waals surface area contributed by atoms with E-state index in [1.165, 1.54) is 25.7 Å². The molecule has 0 saturated carbocycles. The minimum Gasteiger partial charge on any atom is -0.224 e. The van der Waals surface area contributed by atoms with Gasteiger partial charge in [-0.3, -0.25) is 0 Å². The predicted molar refractivity (Wildman–Crippen MR) is 89.3 cm³/mol. The lowest BCUT2D eigenvalue weighted by Gasteiger charge is -2.05. The zero-order valence-corrected chi connectivity index (χ0v) is 14.7. The molecule has 0 aliphatic heterocycles. The van der Waals surface area contributed by atoms with Gasteiger partial charge in [-0.15, -0.1) is 0 Å². The fourth-order valence-electron chi connectivity index (χ4n) is 2.13. The Morgan fingerprint density at radius 1 is 0.850 bits per heavy atom. The van der Waals surface area contributed by atoms with Gasteiger partial charge in [0, 0.05) is 5.33 Å². The quantitative estimate of drug-likeness (QED) is 0.439. The summed E-state index contributed by atoms with van der Waals surface area (Å²) in [6, 6.07) is 7.14. The third-order valence-corrected chi connectivity index (χ3v) is 5.80. The second kappa shape index (κ2) is 9.56. The van der Waals surface area contributed by atoms with Crippen LogP contribution in [0.15, 0.2) is 29.2 Å². The van der Waals surface area contributed by atoms with Gasteiger partial charge >= 0.3 is 0 Å². The van der Waals surface area contributed by atoms with Crippen molar-refractivity contribution in [3.05, 3.63) is 29.8 Å². The van der Waals surface area contributed by atoms with Gasteiger partial charge in [0.1, 0.15) is 0 Å².